The molecule has 2 aromatic heterocycles. The Morgan fingerprint density at radius 2 is 1.59 bits per heavy atom. The van der Waals surface area contributed by atoms with Crippen LogP contribution in [0.1, 0.15) is 11.3 Å². The van der Waals surface area contributed by atoms with E-state index in [1.165, 1.54) is 6.08 Å². The molecule has 2 heterocycles. The fourth-order valence-electron chi connectivity index (χ4n) is 4.40. The zero-order valence-corrected chi connectivity index (χ0v) is 20.9. The van der Waals surface area contributed by atoms with E-state index in [2.05, 4.69) is 22.4 Å². The summed E-state index contributed by atoms with van der Waals surface area (Å²) in [5, 5.41) is 5.14. The van der Waals surface area contributed by atoms with Gasteiger partial charge in [0.15, 0.2) is 11.5 Å². The lowest BCUT2D eigenvalue weighted by Crippen LogP contribution is -2.21. The second kappa shape index (κ2) is 10.5. The van der Waals surface area contributed by atoms with E-state index in [0.29, 0.717) is 17.2 Å². The number of ether oxygens (including phenoxy) is 3. The van der Waals surface area contributed by atoms with Gasteiger partial charge in [0, 0.05) is 27.9 Å². The van der Waals surface area contributed by atoms with Crippen LogP contribution in [0.5, 0.6) is 17.2 Å². The van der Waals surface area contributed by atoms with Gasteiger partial charge < -0.3 is 24.5 Å². The standard InChI is InChI=1S/C30H27N3O4/c1-35-25-15-19(16-26(36-2)30(25)37-3)13-14-27(34)31-18-21-17-23-22-11-7-8-12-24(22)33-29(23)28(32-21)20-9-5-4-6-10-20/h4-17,33H,18H2,1-3H3,(H,31,34)/b14-13+. The maximum atomic E-state index is 12.7. The Morgan fingerprint density at radius 3 is 2.30 bits per heavy atom. The quantitative estimate of drug-likeness (QED) is 0.269. The smallest absolute Gasteiger partial charge is 0.244 e. The van der Waals surface area contributed by atoms with Crippen molar-refractivity contribution >= 4 is 33.8 Å². The molecule has 7 heteroatoms. The van der Waals surface area contributed by atoms with Gasteiger partial charge in [0.25, 0.3) is 0 Å². The number of rotatable bonds is 8. The van der Waals surface area contributed by atoms with Crippen molar-refractivity contribution in [2.24, 2.45) is 0 Å². The number of aromatic nitrogens is 2. The molecular weight excluding hydrogens is 466 g/mol. The molecule has 0 bridgehead atoms. The summed E-state index contributed by atoms with van der Waals surface area (Å²) < 4.78 is 16.1. The summed E-state index contributed by atoms with van der Waals surface area (Å²) in [7, 11) is 4.66. The second-order valence-electron chi connectivity index (χ2n) is 8.43. The van der Waals surface area contributed by atoms with E-state index < -0.39 is 0 Å². The molecule has 0 radical (unpaired) electrons. The van der Waals surface area contributed by atoms with Gasteiger partial charge in [-0.2, -0.15) is 0 Å². The minimum atomic E-state index is -0.240. The SMILES string of the molecule is COc1cc(/C=C/C(=O)NCc2cc3c([nH]c4ccccc43)c(-c3ccccc3)n2)cc(OC)c1OC. The third-order valence-corrected chi connectivity index (χ3v) is 6.15. The van der Waals surface area contributed by atoms with E-state index in [0.717, 1.165) is 44.3 Å². The third kappa shape index (κ3) is 4.84. The van der Waals surface area contributed by atoms with Crippen LogP contribution < -0.4 is 19.5 Å². The molecule has 0 aliphatic heterocycles. The van der Waals surface area contributed by atoms with Crippen molar-refractivity contribution in [1.29, 1.82) is 0 Å². The number of nitrogens with one attached hydrogen (secondary N) is 2. The second-order valence-corrected chi connectivity index (χ2v) is 8.43. The number of carbonyl (C=O) groups is 1. The Morgan fingerprint density at radius 1 is 0.892 bits per heavy atom. The zero-order valence-electron chi connectivity index (χ0n) is 20.9. The fourth-order valence-corrected chi connectivity index (χ4v) is 4.40. The van der Waals surface area contributed by atoms with Crippen molar-refractivity contribution in [3.63, 3.8) is 0 Å². The van der Waals surface area contributed by atoms with Crippen molar-refractivity contribution < 1.29 is 19.0 Å². The van der Waals surface area contributed by atoms with Crippen molar-refractivity contribution in [3.05, 3.63) is 90.1 Å². The number of nitrogens with zero attached hydrogens (tertiary/aromatic N) is 1. The lowest BCUT2D eigenvalue weighted by Gasteiger charge is -2.12. The normalized spacial score (nSPS) is 11.2. The van der Waals surface area contributed by atoms with Crippen molar-refractivity contribution in [2.75, 3.05) is 21.3 Å². The molecule has 5 aromatic rings. The molecule has 1 amide bonds. The highest BCUT2D eigenvalue weighted by atomic mass is 16.5. The molecule has 0 aliphatic rings. The van der Waals surface area contributed by atoms with Gasteiger partial charge in [-0.3, -0.25) is 4.79 Å². The van der Waals surface area contributed by atoms with Crippen molar-refractivity contribution in [1.82, 2.24) is 15.3 Å². The van der Waals surface area contributed by atoms with E-state index in [-0.39, 0.29) is 12.5 Å². The van der Waals surface area contributed by atoms with Crippen LogP contribution in [0.4, 0.5) is 0 Å². The minimum absolute atomic E-state index is 0.240. The molecular formula is C30H27N3O4. The fraction of sp³-hybridized carbons (Fsp3) is 0.133. The van der Waals surface area contributed by atoms with Gasteiger partial charge in [0.2, 0.25) is 11.7 Å². The molecule has 0 saturated heterocycles. The number of methoxy groups -OCH3 is 3. The van der Waals surface area contributed by atoms with Crippen LogP contribution in [-0.2, 0) is 11.3 Å². The van der Waals surface area contributed by atoms with Gasteiger partial charge in [-0.1, -0.05) is 48.5 Å². The molecule has 5 rings (SSSR count). The molecule has 0 aliphatic carbocycles. The van der Waals surface area contributed by atoms with E-state index in [4.69, 9.17) is 19.2 Å². The van der Waals surface area contributed by atoms with Crippen LogP contribution >= 0.6 is 0 Å². The highest BCUT2D eigenvalue weighted by Crippen LogP contribution is 2.38. The average Bonchev–Trinajstić information content (AvgIpc) is 3.33. The predicted molar refractivity (Wildman–Crippen MR) is 146 cm³/mol. The zero-order chi connectivity index (χ0) is 25.8. The maximum Gasteiger partial charge on any atom is 0.244 e. The first-order valence-corrected chi connectivity index (χ1v) is 11.8. The van der Waals surface area contributed by atoms with Crippen LogP contribution in [-0.4, -0.2) is 37.2 Å². The predicted octanol–water partition coefficient (Wildman–Crippen LogP) is 5.74. The Bertz CT molecular complexity index is 1580. The first-order chi connectivity index (χ1) is 18.1. The molecule has 3 aromatic carbocycles. The number of pyridine rings is 1. The van der Waals surface area contributed by atoms with E-state index in [1.807, 2.05) is 48.5 Å². The monoisotopic (exact) mass is 493 g/mol. The Kier molecular flexibility index (Phi) is 6.76. The Labute approximate surface area is 214 Å². The Balaban J connectivity index is 1.41. The van der Waals surface area contributed by atoms with Gasteiger partial charge in [-0.25, -0.2) is 4.98 Å². The van der Waals surface area contributed by atoms with E-state index in [1.54, 1.807) is 39.5 Å². The number of benzene rings is 3. The maximum absolute atomic E-state index is 12.7. The number of carbonyl (C=O) groups excluding carboxylic acids is 1. The van der Waals surface area contributed by atoms with Gasteiger partial charge in [-0.15, -0.1) is 0 Å². The number of aromatic amines is 1. The number of hydrogen-bond donors (Lipinski definition) is 2. The van der Waals surface area contributed by atoms with E-state index in [9.17, 15) is 4.79 Å². The lowest BCUT2D eigenvalue weighted by molar-refractivity contribution is -0.116. The van der Waals surface area contributed by atoms with Crippen LogP contribution in [0.25, 0.3) is 39.1 Å². The molecule has 0 unspecified atom stereocenters. The first-order valence-electron chi connectivity index (χ1n) is 11.8. The molecule has 0 saturated carbocycles. The molecule has 0 fully saturated rings. The number of H-pyrrole nitrogens is 1. The lowest BCUT2D eigenvalue weighted by atomic mass is 10.1. The van der Waals surface area contributed by atoms with Crippen molar-refractivity contribution in [3.8, 4) is 28.5 Å². The molecule has 186 valence electrons. The van der Waals surface area contributed by atoms with Crippen LogP contribution in [0.15, 0.2) is 78.9 Å². The van der Waals surface area contributed by atoms with Crippen LogP contribution in [0.3, 0.4) is 0 Å². The van der Waals surface area contributed by atoms with Gasteiger partial charge >= 0.3 is 0 Å². The summed E-state index contributed by atoms with van der Waals surface area (Å²) >= 11 is 0. The number of para-hydroxylation sites is 1. The summed E-state index contributed by atoms with van der Waals surface area (Å²) in [6, 6.07) is 23.8. The van der Waals surface area contributed by atoms with Crippen LogP contribution in [0.2, 0.25) is 0 Å². The minimum Gasteiger partial charge on any atom is -0.493 e. The first kappa shape index (κ1) is 23.9. The summed E-state index contributed by atoms with van der Waals surface area (Å²) in [6.45, 7) is 0.285. The number of amides is 1. The van der Waals surface area contributed by atoms with E-state index >= 15 is 0 Å². The summed E-state index contributed by atoms with van der Waals surface area (Å²) in [6.07, 6.45) is 3.18. The molecule has 37 heavy (non-hydrogen) atoms. The highest BCUT2D eigenvalue weighted by molar-refractivity contribution is 6.11. The largest absolute Gasteiger partial charge is 0.493 e. The van der Waals surface area contributed by atoms with Gasteiger partial charge in [-0.05, 0) is 35.9 Å². The van der Waals surface area contributed by atoms with Gasteiger partial charge in [0.05, 0.1) is 44.8 Å². The van der Waals surface area contributed by atoms with Crippen molar-refractivity contribution in [2.45, 2.75) is 6.54 Å². The number of fused-ring (bicyclic) bond motifs is 3. The summed E-state index contributed by atoms with van der Waals surface area (Å²) in [5.74, 6) is 1.30. The molecule has 0 atom stereocenters. The average molecular weight is 494 g/mol. The topological polar surface area (TPSA) is 85.5 Å². The highest BCUT2D eigenvalue weighted by Gasteiger charge is 2.14. The molecule has 2 N–H and O–H groups in total. The summed E-state index contributed by atoms with van der Waals surface area (Å²) in [5.41, 5.74) is 5.40. The Hall–Kier alpha value is -4.78. The van der Waals surface area contributed by atoms with Gasteiger partial charge in [0.1, 0.15) is 0 Å². The summed E-state index contributed by atoms with van der Waals surface area (Å²) in [4.78, 5) is 21.1. The van der Waals surface area contributed by atoms with Crippen LogP contribution in [0, 0.1) is 0 Å². The number of hydrogen-bond acceptors (Lipinski definition) is 5. The third-order valence-electron chi connectivity index (χ3n) is 6.15. The molecule has 0 spiro atoms. The molecule has 7 nitrogen and oxygen atoms in total.